The summed E-state index contributed by atoms with van der Waals surface area (Å²) < 4.78 is 0. The molecule has 0 amide bonds. The number of aromatic nitrogens is 1. The van der Waals surface area contributed by atoms with E-state index in [1.54, 1.807) is 11.3 Å². The van der Waals surface area contributed by atoms with Gasteiger partial charge in [0.25, 0.3) is 0 Å². The van der Waals surface area contributed by atoms with Gasteiger partial charge in [-0.3, -0.25) is 4.98 Å². The van der Waals surface area contributed by atoms with E-state index in [4.69, 9.17) is 0 Å². The van der Waals surface area contributed by atoms with Gasteiger partial charge in [0.2, 0.25) is 0 Å². The van der Waals surface area contributed by atoms with Crippen molar-refractivity contribution in [2.75, 3.05) is 11.4 Å². The lowest BCUT2D eigenvalue weighted by atomic mass is 10.2. The van der Waals surface area contributed by atoms with Gasteiger partial charge in [-0.25, -0.2) is 0 Å². The van der Waals surface area contributed by atoms with E-state index in [1.165, 1.54) is 5.00 Å². The van der Waals surface area contributed by atoms with Crippen molar-refractivity contribution in [2.45, 2.75) is 33.7 Å². The summed E-state index contributed by atoms with van der Waals surface area (Å²) in [7, 11) is 0. The van der Waals surface area contributed by atoms with Crippen molar-refractivity contribution in [3.05, 3.63) is 11.7 Å². The Balaban J connectivity index is 2.69. The minimum Gasteiger partial charge on any atom is -0.359 e. The van der Waals surface area contributed by atoms with E-state index in [0.29, 0.717) is 12.0 Å². The molecule has 0 radical (unpaired) electrons. The maximum atomic E-state index is 4.11. The molecule has 0 saturated heterocycles. The Hall–Kier alpha value is -0.570. The fraction of sp³-hybridized carbons (Fsp3) is 0.700. The summed E-state index contributed by atoms with van der Waals surface area (Å²) >= 11 is 1.72. The molecule has 74 valence electrons. The predicted octanol–water partition coefficient (Wildman–Crippen LogP) is 3.01. The molecule has 0 fully saturated rings. The summed E-state index contributed by atoms with van der Waals surface area (Å²) in [6.07, 6.45) is 1.95. The maximum Gasteiger partial charge on any atom is 0.111 e. The Kier molecular flexibility index (Phi) is 3.72. The first-order chi connectivity index (χ1) is 6.11. The predicted molar refractivity (Wildman–Crippen MR) is 59.4 cm³/mol. The van der Waals surface area contributed by atoms with Crippen LogP contribution in [0.25, 0.3) is 0 Å². The van der Waals surface area contributed by atoms with Crippen LogP contribution in [0.3, 0.4) is 0 Å². The molecular formula is C10H18N2S. The van der Waals surface area contributed by atoms with E-state index < -0.39 is 0 Å². The molecule has 0 unspecified atom stereocenters. The van der Waals surface area contributed by atoms with Crippen LogP contribution in [0, 0.1) is 5.92 Å². The molecule has 0 spiro atoms. The average Bonchev–Trinajstić information content (AvgIpc) is 2.50. The van der Waals surface area contributed by atoms with Crippen LogP contribution < -0.4 is 4.90 Å². The summed E-state index contributed by atoms with van der Waals surface area (Å²) in [5.74, 6) is 0.699. The zero-order chi connectivity index (χ0) is 9.84. The van der Waals surface area contributed by atoms with Gasteiger partial charge in [-0.1, -0.05) is 13.8 Å². The van der Waals surface area contributed by atoms with Gasteiger partial charge in [-0.15, -0.1) is 11.3 Å². The molecule has 0 bridgehead atoms. The standard InChI is InChI=1S/C10H18N2S/c1-8(2)6-12(9(3)4)10-5-11-7-13-10/h5,7-9H,6H2,1-4H3. The number of thiazole rings is 1. The van der Waals surface area contributed by atoms with Crippen LogP contribution >= 0.6 is 11.3 Å². The number of nitrogens with zero attached hydrogens (tertiary/aromatic N) is 2. The van der Waals surface area contributed by atoms with Crippen LogP contribution in [0.15, 0.2) is 11.7 Å². The topological polar surface area (TPSA) is 16.1 Å². The van der Waals surface area contributed by atoms with Crippen LogP contribution in [0.4, 0.5) is 5.00 Å². The number of anilines is 1. The van der Waals surface area contributed by atoms with E-state index in [1.807, 2.05) is 11.7 Å². The van der Waals surface area contributed by atoms with Gasteiger partial charge < -0.3 is 4.90 Å². The zero-order valence-electron chi connectivity index (χ0n) is 8.82. The van der Waals surface area contributed by atoms with Gasteiger partial charge in [-0.05, 0) is 19.8 Å². The number of hydrogen-bond donors (Lipinski definition) is 0. The van der Waals surface area contributed by atoms with Gasteiger partial charge in [0.15, 0.2) is 0 Å². The maximum absolute atomic E-state index is 4.11. The minimum absolute atomic E-state index is 0.558. The molecule has 0 saturated carbocycles. The van der Waals surface area contributed by atoms with Crippen molar-refractivity contribution in [2.24, 2.45) is 5.92 Å². The van der Waals surface area contributed by atoms with Gasteiger partial charge >= 0.3 is 0 Å². The van der Waals surface area contributed by atoms with Crippen molar-refractivity contribution in [3.8, 4) is 0 Å². The molecule has 0 aliphatic carbocycles. The third-order valence-electron chi connectivity index (χ3n) is 1.89. The molecule has 1 rings (SSSR count). The van der Waals surface area contributed by atoms with Crippen molar-refractivity contribution in [1.82, 2.24) is 4.98 Å². The molecule has 0 aliphatic rings. The normalized spacial score (nSPS) is 11.2. The highest BCUT2D eigenvalue weighted by molar-refractivity contribution is 7.13. The molecule has 2 nitrogen and oxygen atoms in total. The summed E-state index contributed by atoms with van der Waals surface area (Å²) in [4.78, 5) is 6.51. The highest BCUT2D eigenvalue weighted by Crippen LogP contribution is 2.22. The van der Waals surface area contributed by atoms with E-state index >= 15 is 0 Å². The molecule has 0 N–H and O–H groups in total. The Morgan fingerprint density at radius 3 is 2.46 bits per heavy atom. The molecule has 3 heteroatoms. The van der Waals surface area contributed by atoms with Gasteiger partial charge in [0.1, 0.15) is 5.00 Å². The SMILES string of the molecule is CC(C)CN(c1cncs1)C(C)C. The fourth-order valence-electron chi connectivity index (χ4n) is 1.30. The Morgan fingerprint density at radius 2 is 2.08 bits per heavy atom. The van der Waals surface area contributed by atoms with Crippen LogP contribution in [0.1, 0.15) is 27.7 Å². The quantitative estimate of drug-likeness (QED) is 0.739. The second-order valence-corrected chi connectivity index (χ2v) is 4.84. The third-order valence-corrected chi connectivity index (χ3v) is 2.70. The largest absolute Gasteiger partial charge is 0.359 e. The molecule has 13 heavy (non-hydrogen) atoms. The van der Waals surface area contributed by atoms with E-state index in [9.17, 15) is 0 Å². The van der Waals surface area contributed by atoms with Crippen LogP contribution in [0.2, 0.25) is 0 Å². The fourth-order valence-corrected chi connectivity index (χ4v) is 2.07. The molecular weight excluding hydrogens is 180 g/mol. The number of rotatable bonds is 4. The number of hydrogen-bond acceptors (Lipinski definition) is 3. The Labute approximate surface area is 84.6 Å². The lowest BCUT2D eigenvalue weighted by Gasteiger charge is -2.28. The van der Waals surface area contributed by atoms with Crippen molar-refractivity contribution in [1.29, 1.82) is 0 Å². The highest BCUT2D eigenvalue weighted by atomic mass is 32.1. The average molecular weight is 198 g/mol. The van der Waals surface area contributed by atoms with Crippen LogP contribution in [-0.2, 0) is 0 Å². The lowest BCUT2D eigenvalue weighted by Crippen LogP contribution is -2.33. The van der Waals surface area contributed by atoms with E-state index in [0.717, 1.165) is 6.54 Å². The summed E-state index contributed by atoms with van der Waals surface area (Å²) in [6.45, 7) is 10.1. The molecule has 0 aromatic carbocycles. The van der Waals surface area contributed by atoms with E-state index in [2.05, 4.69) is 37.6 Å². The molecule has 1 heterocycles. The first-order valence-electron chi connectivity index (χ1n) is 4.76. The molecule has 1 aromatic rings. The van der Waals surface area contributed by atoms with Crippen molar-refractivity contribution < 1.29 is 0 Å². The second kappa shape index (κ2) is 4.61. The monoisotopic (exact) mass is 198 g/mol. The first-order valence-corrected chi connectivity index (χ1v) is 5.64. The molecule has 1 aromatic heterocycles. The Bertz CT molecular complexity index is 229. The summed E-state index contributed by atoms with van der Waals surface area (Å²) in [5.41, 5.74) is 1.89. The summed E-state index contributed by atoms with van der Waals surface area (Å²) in [5, 5.41) is 1.28. The van der Waals surface area contributed by atoms with Crippen molar-refractivity contribution in [3.63, 3.8) is 0 Å². The zero-order valence-corrected chi connectivity index (χ0v) is 9.64. The van der Waals surface area contributed by atoms with Gasteiger partial charge in [-0.2, -0.15) is 0 Å². The summed E-state index contributed by atoms with van der Waals surface area (Å²) in [6, 6.07) is 0.558. The highest BCUT2D eigenvalue weighted by Gasteiger charge is 2.12. The Morgan fingerprint density at radius 1 is 1.38 bits per heavy atom. The first kappa shape index (κ1) is 10.5. The minimum atomic E-state index is 0.558. The van der Waals surface area contributed by atoms with Crippen LogP contribution in [0.5, 0.6) is 0 Å². The lowest BCUT2D eigenvalue weighted by molar-refractivity contribution is 0.574. The van der Waals surface area contributed by atoms with Gasteiger partial charge in [0, 0.05) is 12.6 Å². The molecule has 0 aliphatic heterocycles. The van der Waals surface area contributed by atoms with E-state index in [-0.39, 0.29) is 0 Å². The smallest absolute Gasteiger partial charge is 0.111 e. The molecule has 0 atom stereocenters. The van der Waals surface area contributed by atoms with Gasteiger partial charge in [0.05, 0.1) is 11.7 Å². The van der Waals surface area contributed by atoms with Crippen LogP contribution in [-0.4, -0.2) is 17.6 Å². The second-order valence-electron chi connectivity index (χ2n) is 3.98. The third kappa shape index (κ3) is 2.99. The van der Waals surface area contributed by atoms with Crippen molar-refractivity contribution >= 4 is 16.3 Å².